The second-order valence-electron chi connectivity index (χ2n) is 2.98. The molecule has 0 aliphatic heterocycles. The van der Waals surface area contributed by atoms with Gasteiger partial charge in [0.05, 0.1) is 13.2 Å². The number of methoxy groups -OCH3 is 1. The summed E-state index contributed by atoms with van der Waals surface area (Å²) in [5, 5.41) is 9.21. The number of hydrogen-bond acceptors (Lipinski definition) is 3. The van der Waals surface area contributed by atoms with Crippen molar-refractivity contribution < 1.29 is 14.6 Å². The van der Waals surface area contributed by atoms with Gasteiger partial charge >= 0.3 is 5.97 Å². The van der Waals surface area contributed by atoms with Crippen LogP contribution in [0.4, 0.5) is 0 Å². The molecule has 82 valence electrons. The smallest absolute Gasteiger partial charge is 0.305 e. The quantitative estimate of drug-likeness (QED) is 0.257. The van der Waals surface area contributed by atoms with Crippen LogP contribution in [0, 0.1) is 0 Å². The van der Waals surface area contributed by atoms with Gasteiger partial charge in [-0.1, -0.05) is 34.7 Å². The van der Waals surface area contributed by atoms with Crippen LogP contribution in [0.1, 0.15) is 25.7 Å². The van der Waals surface area contributed by atoms with Crippen LogP contribution in [0.25, 0.3) is 0 Å². The summed E-state index contributed by atoms with van der Waals surface area (Å²) >= 11 is 2.15. The largest absolute Gasteiger partial charge is 0.469 e. The summed E-state index contributed by atoms with van der Waals surface area (Å²) in [5.41, 5.74) is 0. The highest BCUT2D eigenvalue weighted by molar-refractivity contribution is 14.1. The van der Waals surface area contributed by atoms with Crippen LogP contribution in [0.5, 0.6) is 0 Å². The van der Waals surface area contributed by atoms with Gasteiger partial charge in [-0.15, -0.1) is 0 Å². The Hall–Kier alpha value is -0.100. The number of alkyl halides is 1. The highest BCUT2D eigenvalue weighted by Crippen LogP contribution is 2.02. The number of halogens is 1. The van der Waals surface area contributed by atoms with Crippen molar-refractivity contribution in [2.45, 2.75) is 31.8 Å². The number of carbonyl (C=O) groups excluding carboxylic acids is 1. The maximum atomic E-state index is 10.7. The molecule has 0 aromatic carbocycles. The number of unbranched alkanes of at least 4 members (excludes halogenated alkanes) is 1. The summed E-state index contributed by atoms with van der Waals surface area (Å²) in [5.74, 6) is -0.161. The van der Waals surface area contributed by atoms with Crippen molar-refractivity contribution in [2.75, 3.05) is 11.5 Å². The van der Waals surface area contributed by atoms with E-state index in [0.29, 0.717) is 12.8 Å². The van der Waals surface area contributed by atoms with Crippen LogP contribution in [-0.2, 0) is 9.53 Å². The van der Waals surface area contributed by atoms with Crippen LogP contribution in [0.15, 0.2) is 12.2 Å². The van der Waals surface area contributed by atoms with Crippen molar-refractivity contribution in [3.63, 3.8) is 0 Å². The van der Waals surface area contributed by atoms with Crippen LogP contribution >= 0.6 is 22.6 Å². The summed E-state index contributed by atoms with van der Waals surface area (Å²) in [6.45, 7) is 0. The van der Waals surface area contributed by atoms with E-state index < -0.39 is 0 Å². The first kappa shape index (κ1) is 13.9. The maximum Gasteiger partial charge on any atom is 0.305 e. The van der Waals surface area contributed by atoms with Crippen LogP contribution in [0.2, 0.25) is 0 Å². The monoisotopic (exact) mass is 312 g/mol. The average molecular weight is 312 g/mol. The first-order chi connectivity index (χ1) is 6.70. The number of allylic oxidation sites excluding steroid dienone is 1. The van der Waals surface area contributed by atoms with Crippen molar-refractivity contribution >= 4 is 28.6 Å². The molecule has 0 aliphatic carbocycles. The van der Waals surface area contributed by atoms with Gasteiger partial charge in [0.25, 0.3) is 0 Å². The van der Waals surface area contributed by atoms with Crippen molar-refractivity contribution in [3.8, 4) is 0 Å². The Bertz CT molecular complexity index is 180. The van der Waals surface area contributed by atoms with Gasteiger partial charge in [-0.05, 0) is 19.3 Å². The molecule has 0 aliphatic rings. The fourth-order valence-electron chi connectivity index (χ4n) is 0.900. The Balaban J connectivity index is 3.31. The van der Waals surface area contributed by atoms with E-state index in [2.05, 4.69) is 27.3 Å². The lowest BCUT2D eigenvalue weighted by molar-refractivity contribution is -0.140. The molecule has 0 fully saturated rings. The van der Waals surface area contributed by atoms with Gasteiger partial charge in [0, 0.05) is 10.8 Å². The molecular formula is C10H17IO3. The number of rotatable bonds is 7. The molecule has 1 N–H and O–H groups in total. The molecule has 3 nitrogen and oxygen atoms in total. The average Bonchev–Trinajstić information content (AvgIpc) is 2.22. The summed E-state index contributed by atoms with van der Waals surface area (Å²) in [6.07, 6.45) is 6.55. The molecule has 0 aromatic rings. The molecule has 14 heavy (non-hydrogen) atoms. The molecule has 0 saturated heterocycles. The molecule has 1 unspecified atom stereocenters. The summed E-state index contributed by atoms with van der Waals surface area (Å²) < 4.78 is 5.26. The van der Waals surface area contributed by atoms with Gasteiger partial charge in [-0.25, -0.2) is 0 Å². The van der Waals surface area contributed by atoms with Gasteiger partial charge in [0.1, 0.15) is 0 Å². The molecule has 0 radical (unpaired) electrons. The first-order valence-electron chi connectivity index (χ1n) is 4.66. The zero-order valence-electron chi connectivity index (χ0n) is 8.41. The second kappa shape index (κ2) is 9.45. The Morgan fingerprint density at radius 3 is 2.86 bits per heavy atom. The molecule has 0 aromatic heterocycles. The van der Waals surface area contributed by atoms with E-state index in [4.69, 9.17) is 0 Å². The summed E-state index contributed by atoms with van der Waals surface area (Å²) in [4.78, 5) is 10.7. The van der Waals surface area contributed by atoms with E-state index in [-0.39, 0.29) is 12.1 Å². The standard InChI is InChI=1S/C10H17IO3/c1-14-10(13)7-5-3-2-4-6-9(12)8-11/h2,4,9,12H,3,5-8H2,1H3/b4-2-. The van der Waals surface area contributed by atoms with Gasteiger partial charge in [0.2, 0.25) is 0 Å². The van der Waals surface area contributed by atoms with Crippen molar-refractivity contribution in [1.29, 1.82) is 0 Å². The number of aliphatic hydroxyl groups excluding tert-OH is 1. The van der Waals surface area contributed by atoms with Gasteiger partial charge < -0.3 is 9.84 Å². The van der Waals surface area contributed by atoms with E-state index in [1.807, 2.05) is 12.2 Å². The fourth-order valence-corrected chi connectivity index (χ4v) is 1.26. The summed E-state index contributed by atoms with van der Waals surface area (Å²) in [6, 6.07) is 0. The normalized spacial score (nSPS) is 13.1. The van der Waals surface area contributed by atoms with Crippen molar-refractivity contribution in [3.05, 3.63) is 12.2 Å². The van der Waals surface area contributed by atoms with Crippen molar-refractivity contribution in [2.24, 2.45) is 0 Å². The molecule has 0 saturated carbocycles. The topological polar surface area (TPSA) is 46.5 Å². The van der Waals surface area contributed by atoms with Crippen LogP contribution in [-0.4, -0.2) is 28.7 Å². The van der Waals surface area contributed by atoms with E-state index >= 15 is 0 Å². The first-order valence-corrected chi connectivity index (χ1v) is 6.19. The lowest BCUT2D eigenvalue weighted by Crippen LogP contribution is -2.05. The number of hydrogen-bond donors (Lipinski definition) is 1. The molecule has 0 heterocycles. The SMILES string of the molecule is COC(=O)CCC/C=C\CC(O)CI. The van der Waals surface area contributed by atoms with Gasteiger partial charge in [-0.3, -0.25) is 4.79 Å². The molecular weight excluding hydrogens is 295 g/mol. The lowest BCUT2D eigenvalue weighted by Gasteiger charge is -2.00. The fraction of sp³-hybridized carbons (Fsp3) is 0.700. The van der Waals surface area contributed by atoms with Gasteiger partial charge in [0.15, 0.2) is 0 Å². The lowest BCUT2D eigenvalue weighted by atomic mass is 10.2. The minimum absolute atomic E-state index is 0.161. The zero-order valence-corrected chi connectivity index (χ0v) is 10.6. The Morgan fingerprint density at radius 2 is 2.29 bits per heavy atom. The number of carbonyl (C=O) groups is 1. The Kier molecular flexibility index (Phi) is 9.39. The number of esters is 1. The third kappa shape index (κ3) is 8.50. The molecule has 1 atom stereocenters. The number of aliphatic hydroxyl groups is 1. The van der Waals surface area contributed by atoms with E-state index in [1.165, 1.54) is 7.11 Å². The number of ether oxygens (including phenoxy) is 1. The molecule has 0 spiro atoms. The third-order valence-corrected chi connectivity index (χ3v) is 2.75. The molecule has 0 amide bonds. The highest BCUT2D eigenvalue weighted by Gasteiger charge is 1.98. The minimum Gasteiger partial charge on any atom is -0.469 e. The predicted octanol–water partition coefficient (Wildman–Crippen LogP) is 2.07. The van der Waals surface area contributed by atoms with E-state index in [0.717, 1.165) is 17.3 Å². The van der Waals surface area contributed by atoms with Gasteiger partial charge in [-0.2, -0.15) is 0 Å². The van der Waals surface area contributed by atoms with E-state index in [9.17, 15) is 9.90 Å². The highest BCUT2D eigenvalue weighted by atomic mass is 127. The predicted molar refractivity (Wildman–Crippen MR) is 64.5 cm³/mol. The Labute approximate surface area is 98.7 Å². The molecule has 0 rings (SSSR count). The third-order valence-electron chi connectivity index (χ3n) is 1.73. The minimum atomic E-state index is -0.243. The molecule has 0 bridgehead atoms. The second-order valence-corrected chi connectivity index (χ2v) is 3.86. The maximum absolute atomic E-state index is 10.7. The molecule has 4 heteroatoms. The summed E-state index contributed by atoms with van der Waals surface area (Å²) in [7, 11) is 1.40. The Morgan fingerprint density at radius 1 is 1.57 bits per heavy atom. The van der Waals surface area contributed by atoms with E-state index in [1.54, 1.807) is 0 Å². The zero-order chi connectivity index (χ0) is 10.8. The van der Waals surface area contributed by atoms with Crippen molar-refractivity contribution in [1.82, 2.24) is 0 Å². The van der Waals surface area contributed by atoms with Crippen LogP contribution in [0.3, 0.4) is 0 Å². The van der Waals surface area contributed by atoms with Crippen LogP contribution < -0.4 is 0 Å².